The molecule has 79 heavy (non-hydrogen) atoms. The van der Waals surface area contributed by atoms with Gasteiger partial charge in [0.15, 0.2) is 6.10 Å². The molecule has 0 aromatic heterocycles. The average molecular weight is 1090 g/mol. The van der Waals surface area contributed by atoms with Crippen LogP contribution in [0.25, 0.3) is 0 Å². The molecule has 0 aromatic carbocycles. The maximum Gasteiger partial charge on any atom is 0.306 e. The molecule has 6 nitrogen and oxygen atoms in total. The standard InChI is InChI=1S/C73H114O6/c1-4-7-10-13-16-19-22-25-28-30-32-33-34-35-36-37-38-39-41-42-45-48-51-54-57-60-63-66-72(75)78-69-70(68-77-71(74)65-62-59-56-53-50-47-44-27-24-21-18-15-12-9-6-3)79-73(76)67-64-61-58-55-52-49-46-43-40-31-29-26-23-20-17-14-11-8-5-2/h7-8,10-11,16-17,19-20,25-29,32-33,35-36,38-40,42-45,49,52,58,61,70H,4-6,9,12-15,18,21-24,30-31,34,37,41,46-48,50-51,53-57,59-60,62-69H2,1-3H3/b10-7-,11-8-,19-16-,20-17-,28-25-,29-26-,33-32-,36-35-,39-38-,43-40-,44-27-,45-42-,52-49-,61-58-. The number of carbonyl (C=O) groups is 3. The highest BCUT2D eigenvalue weighted by Crippen LogP contribution is 2.13. The van der Waals surface area contributed by atoms with Crippen molar-refractivity contribution in [2.24, 2.45) is 0 Å². The van der Waals surface area contributed by atoms with Crippen molar-refractivity contribution in [3.05, 3.63) is 170 Å². The number of esters is 3. The van der Waals surface area contributed by atoms with Crippen molar-refractivity contribution in [1.82, 2.24) is 0 Å². The monoisotopic (exact) mass is 1090 g/mol. The van der Waals surface area contributed by atoms with Crippen molar-refractivity contribution < 1.29 is 28.6 Å². The molecule has 0 fully saturated rings. The maximum atomic E-state index is 12.9. The molecule has 0 heterocycles. The van der Waals surface area contributed by atoms with Crippen LogP contribution in [0.2, 0.25) is 0 Å². The van der Waals surface area contributed by atoms with Crippen LogP contribution in [0.5, 0.6) is 0 Å². The SMILES string of the molecule is CC/C=C\C/C=C\C/C=C\C/C=C\C/C=C\C/C=C\C/C=C\CCCCCCCC(=O)OCC(COC(=O)CCCCCCC/C=C\CCCCCCCC)OC(=O)CC/C=C\C/C=C\C/C=C\C/C=C\C/C=C\C/C=C\CC. The van der Waals surface area contributed by atoms with Gasteiger partial charge in [-0.15, -0.1) is 0 Å². The number of allylic oxidation sites excluding steroid dienone is 28. The maximum absolute atomic E-state index is 12.9. The molecule has 0 aromatic rings. The molecule has 0 bridgehead atoms. The molecule has 0 saturated heterocycles. The van der Waals surface area contributed by atoms with E-state index in [1.165, 1.54) is 51.4 Å². The molecule has 1 atom stereocenters. The summed E-state index contributed by atoms with van der Waals surface area (Å²) < 4.78 is 16.8. The van der Waals surface area contributed by atoms with Crippen molar-refractivity contribution in [2.75, 3.05) is 13.2 Å². The van der Waals surface area contributed by atoms with Crippen LogP contribution in [0.4, 0.5) is 0 Å². The molecule has 0 N–H and O–H groups in total. The third-order valence-electron chi connectivity index (χ3n) is 12.7. The summed E-state index contributed by atoms with van der Waals surface area (Å²) in [6.07, 6.45) is 96.5. The lowest BCUT2D eigenvalue weighted by molar-refractivity contribution is -0.166. The summed E-state index contributed by atoms with van der Waals surface area (Å²) in [6.45, 7) is 6.31. The zero-order valence-electron chi connectivity index (χ0n) is 50.6. The second kappa shape index (κ2) is 65.3. The van der Waals surface area contributed by atoms with Crippen molar-refractivity contribution >= 4 is 17.9 Å². The quantitative estimate of drug-likeness (QED) is 0.0261. The van der Waals surface area contributed by atoms with E-state index in [-0.39, 0.29) is 31.6 Å². The summed E-state index contributed by atoms with van der Waals surface area (Å²) in [5.74, 6) is -1.04. The molecule has 6 heteroatoms. The Labute approximate surface area is 485 Å². The second-order valence-electron chi connectivity index (χ2n) is 20.2. The van der Waals surface area contributed by atoms with E-state index in [0.29, 0.717) is 19.3 Å². The van der Waals surface area contributed by atoms with Crippen LogP contribution in [0.3, 0.4) is 0 Å². The van der Waals surface area contributed by atoms with Gasteiger partial charge in [0.25, 0.3) is 0 Å². The van der Waals surface area contributed by atoms with Gasteiger partial charge < -0.3 is 14.2 Å². The van der Waals surface area contributed by atoms with Gasteiger partial charge in [0.1, 0.15) is 13.2 Å². The fraction of sp³-hybridized carbons (Fsp3) is 0.575. The number of rotatable bonds is 55. The smallest absolute Gasteiger partial charge is 0.306 e. The first-order chi connectivity index (χ1) is 39.0. The van der Waals surface area contributed by atoms with Crippen LogP contribution in [-0.2, 0) is 28.6 Å². The normalized spacial score (nSPS) is 13.3. The Morgan fingerprint density at radius 3 is 0.835 bits per heavy atom. The van der Waals surface area contributed by atoms with E-state index in [1.54, 1.807) is 0 Å². The number of unbranched alkanes of at least 4 members (excludes halogenated alkanes) is 16. The lowest BCUT2D eigenvalue weighted by atomic mass is 10.1. The summed E-state index contributed by atoms with van der Waals surface area (Å²) in [6, 6.07) is 0. The van der Waals surface area contributed by atoms with E-state index < -0.39 is 12.1 Å². The fourth-order valence-electron chi connectivity index (χ4n) is 8.03. The number of carbonyl (C=O) groups excluding carboxylic acids is 3. The van der Waals surface area contributed by atoms with E-state index in [1.807, 2.05) is 12.2 Å². The molecule has 0 amide bonds. The lowest BCUT2D eigenvalue weighted by Crippen LogP contribution is -2.30. The molecule has 0 rings (SSSR count). The van der Waals surface area contributed by atoms with Gasteiger partial charge in [-0.1, -0.05) is 262 Å². The van der Waals surface area contributed by atoms with Crippen LogP contribution in [0, 0.1) is 0 Å². The minimum atomic E-state index is -0.841. The highest BCUT2D eigenvalue weighted by molar-refractivity contribution is 5.71. The van der Waals surface area contributed by atoms with Crippen LogP contribution in [0.1, 0.15) is 252 Å². The van der Waals surface area contributed by atoms with Gasteiger partial charge in [0.2, 0.25) is 0 Å². The van der Waals surface area contributed by atoms with Gasteiger partial charge in [-0.25, -0.2) is 0 Å². The van der Waals surface area contributed by atoms with E-state index in [4.69, 9.17) is 14.2 Å². The second-order valence-corrected chi connectivity index (χ2v) is 20.2. The van der Waals surface area contributed by atoms with E-state index >= 15 is 0 Å². The van der Waals surface area contributed by atoms with Gasteiger partial charge in [-0.2, -0.15) is 0 Å². The van der Waals surface area contributed by atoms with Crippen molar-refractivity contribution in [3.63, 3.8) is 0 Å². The van der Waals surface area contributed by atoms with Gasteiger partial charge in [-0.3, -0.25) is 14.4 Å². The van der Waals surface area contributed by atoms with Crippen LogP contribution >= 0.6 is 0 Å². The molecule has 0 radical (unpaired) electrons. The first-order valence-electron chi connectivity index (χ1n) is 31.6. The molecule has 0 aliphatic heterocycles. The topological polar surface area (TPSA) is 78.9 Å². The molecule has 442 valence electrons. The molecular formula is C73H114O6. The molecule has 1 unspecified atom stereocenters. The third kappa shape index (κ3) is 63.5. The highest BCUT2D eigenvalue weighted by atomic mass is 16.6. The van der Waals surface area contributed by atoms with Gasteiger partial charge >= 0.3 is 17.9 Å². The predicted molar refractivity (Wildman–Crippen MR) is 343 cm³/mol. The van der Waals surface area contributed by atoms with Gasteiger partial charge in [-0.05, 0) is 141 Å². The van der Waals surface area contributed by atoms with Crippen molar-refractivity contribution in [2.45, 2.75) is 258 Å². The Kier molecular flexibility index (Phi) is 61.0. The molecular weight excluding hydrogens is 973 g/mol. The number of ether oxygens (including phenoxy) is 3. The summed E-state index contributed by atoms with van der Waals surface area (Å²) in [4.78, 5) is 38.3. The lowest BCUT2D eigenvalue weighted by Gasteiger charge is -2.18. The highest BCUT2D eigenvalue weighted by Gasteiger charge is 2.19. The van der Waals surface area contributed by atoms with E-state index in [9.17, 15) is 14.4 Å². The first-order valence-corrected chi connectivity index (χ1v) is 31.6. The summed E-state index contributed by atoms with van der Waals surface area (Å²) in [7, 11) is 0. The van der Waals surface area contributed by atoms with Gasteiger partial charge in [0.05, 0.1) is 0 Å². The molecule has 0 saturated carbocycles. The Morgan fingerprint density at radius 2 is 0.519 bits per heavy atom. The summed E-state index contributed by atoms with van der Waals surface area (Å²) in [5, 5.41) is 0. The summed E-state index contributed by atoms with van der Waals surface area (Å²) in [5.41, 5.74) is 0. The predicted octanol–water partition coefficient (Wildman–Crippen LogP) is 21.9. The number of hydrogen-bond donors (Lipinski definition) is 0. The van der Waals surface area contributed by atoms with Crippen molar-refractivity contribution in [1.29, 1.82) is 0 Å². The Hall–Kier alpha value is -5.23. The minimum absolute atomic E-state index is 0.126. The van der Waals surface area contributed by atoms with Crippen molar-refractivity contribution in [3.8, 4) is 0 Å². The zero-order valence-corrected chi connectivity index (χ0v) is 50.6. The Balaban J connectivity index is 4.53. The van der Waals surface area contributed by atoms with Crippen LogP contribution in [-0.4, -0.2) is 37.2 Å². The molecule has 0 aliphatic carbocycles. The Bertz CT molecular complexity index is 1820. The van der Waals surface area contributed by atoms with Crippen LogP contribution < -0.4 is 0 Å². The zero-order chi connectivity index (χ0) is 57.1. The molecule has 0 spiro atoms. The fourth-order valence-corrected chi connectivity index (χ4v) is 8.03. The first kappa shape index (κ1) is 73.8. The largest absolute Gasteiger partial charge is 0.462 e. The molecule has 0 aliphatic rings. The number of hydrogen-bond acceptors (Lipinski definition) is 6. The van der Waals surface area contributed by atoms with E-state index in [0.717, 1.165) is 154 Å². The van der Waals surface area contributed by atoms with Gasteiger partial charge in [0, 0.05) is 19.3 Å². The van der Waals surface area contributed by atoms with Crippen LogP contribution in [0.15, 0.2) is 170 Å². The Morgan fingerprint density at radius 1 is 0.266 bits per heavy atom. The third-order valence-corrected chi connectivity index (χ3v) is 12.7. The minimum Gasteiger partial charge on any atom is -0.462 e. The summed E-state index contributed by atoms with van der Waals surface area (Å²) >= 11 is 0. The average Bonchev–Trinajstić information content (AvgIpc) is 3.45. The van der Waals surface area contributed by atoms with E-state index in [2.05, 4.69) is 179 Å².